The largest absolute Gasteiger partial charge is 0.326 e. The molecule has 5 nitrogen and oxygen atoms in total. The number of hydrogen-bond acceptors (Lipinski definition) is 4. The van der Waals surface area contributed by atoms with Gasteiger partial charge in [-0.2, -0.15) is 0 Å². The van der Waals surface area contributed by atoms with Gasteiger partial charge < -0.3 is 5.32 Å². The van der Waals surface area contributed by atoms with Crippen molar-refractivity contribution >= 4 is 34.0 Å². The molecule has 0 fully saturated rings. The number of nitrogens with zero attached hydrogens (tertiary/aromatic N) is 2. The van der Waals surface area contributed by atoms with Crippen molar-refractivity contribution < 1.29 is 9.59 Å². The van der Waals surface area contributed by atoms with Crippen LogP contribution in [-0.4, -0.2) is 23.8 Å². The molecular weight excluding hydrogens is 286 g/mol. The predicted octanol–water partition coefficient (Wildman–Crippen LogP) is 2.99. The highest BCUT2D eigenvalue weighted by Crippen LogP contribution is 2.25. The van der Waals surface area contributed by atoms with Crippen molar-refractivity contribution in [3.8, 4) is 0 Å². The van der Waals surface area contributed by atoms with E-state index in [-0.39, 0.29) is 11.8 Å². The molecule has 0 saturated carbocycles. The molecule has 0 radical (unpaired) electrons. The summed E-state index contributed by atoms with van der Waals surface area (Å²) in [4.78, 5) is 30.4. The van der Waals surface area contributed by atoms with E-state index in [0.29, 0.717) is 16.4 Å². The number of anilines is 2. The van der Waals surface area contributed by atoms with Crippen LogP contribution in [0.2, 0.25) is 0 Å². The molecule has 0 atom stereocenters. The topological polar surface area (TPSA) is 62.3 Å². The molecule has 2 amide bonds. The van der Waals surface area contributed by atoms with Crippen molar-refractivity contribution in [3.05, 3.63) is 40.4 Å². The molecule has 0 bridgehead atoms. The van der Waals surface area contributed by atoms with E-state index in [1.807, 2.05) is 13.8 Å². The highest BCUT2D eigenvalue weighted by Gasteiger charge is 2.17. The standard InChI is InChI=1S/C15H17N3O2S/c1-9-10(2)21-15(16-9)18(4)14(20)12-5-7-13(8-6-12)17-11(3)19/h5-8H,1-4H3,(H,17,19). The monoisotopic (exact) mass is 303 g/mol. The summed E-state index contributed by atoms with van der Waals surface area (Å²) < 4.78 is 0. The van der Waals surface area contributed by atoms with Crippen LogP contribution < -0.4 is 10.2 Å². The highest BCUT2D eigenvalue weighted by atomic mass is 32.1. The Morgan fingerprint density at radius 2 is 1.81 bits per heavy atom. The average Bonchev–Trinajstić information content (AvgIpc) is 2.77. The van der Waals surface area contributed by atoms with Crippen LogP contribution in [0.15, 0.2) is 24.3 Å². The molecule has 0 spiro atoms. The second-order valence-electron chi connectivity index (χ2n) is 4.76. The number of rotatable bonds is 3. The quantitative estimate of drug-likeness (QED) is 0.948. The SMILES string of the molecule is CC(=O)Nc1ccc(C(=O)N(C)c2nc(C)c(C)s2)cc1. The number of aromatic nitrogens is 1. The Hall–Kier alpha value is -2.21. The van der Waals surface area contributed by atoms with Gasteiger partial charge in [-0.3, -0.25) is 14.5 Å². The van der Waals surface area contributed by atoms with Gasteiger partial charge in [0.1, 0.15) is 0 Å². The van der Waals surface area contributed by atoms with Crippen LogP contribution in [0.1, 0.15) is 27.9 Å². The first kappa shape index (κ1) is 15.2. The van der Waals surface area contributed by atoms with Crippen LogP contribution in [0.3, 0.4) is 0 Å². The van der Waals surface area contributed by atoms with Gasteiger partial charge in [0.05, 0.1) is 5.69 Å². The minimum atomic E-state index is -0.139. The molecule has 110 valence electrons. The third kappa shape index (κ3) is 3.46. The number of nitrogens with one attached hydrogen (secondary N) is 1. The van der Waals surface area contributed by atoms with Gasteiger partial charge in [0.2, 0.25) is 5.91 Å². The van der Waals surface area contributed by atoms with Crippen LogP contribution in [-0.2, 0) is 4.79 Å². The van der Waals surface area contributed by atoms with Crippen molar-refractivity contribution in [2.24, 2.45) is 0 Å². The Kier molecular flexibility index (Phi) is 4.37. The first-order valence-corrected chi connectivity index (χ1v) is 7.30. The summed E-state index contributed by atoms with van der Waals surface area (Å²) in [6.07, 6.45) is 0. The lowest BCUT2D eigenvalue weighted by Gasteiger charge is -2.14. The Labute approximate surface area is 127 Å². The van der Waals surface area contributed by atoms with E-state index in [1.165, 1.54) is 23.2 Å². The van der Waals surface area contributed by atoms with Crippen LogP contribution in [0, 0.1) is 13.8 Å². The van der Waals surface area contributed by atoms with Gasteiger partial charge in [0.25, 0.3) is 5.91 Å². The highest BCUT2D eigenvalue weighted by molar-refractivity contribution is 7.15. The summed E-state index contributed by atoms with van der Waals surface area (Å²) in [6, 6.07) is 6.80. The summed E-state index contributed by atoms with van der Waals surface area (Å²) in [6.45, 7) is 5.35. The zero-order chi connectivity index (χ0) is 15.6. The zero-order valence-electron chi connectivity index (χ0n) is 12.4. The Bertz CT molecular complexity index is 657. The second kappa shape index (κ2) is 6.05. The number of hydrogen-bond donors (Lipinski definition) is 1. The lowest BCUT2D eigenvalue weighted by Crippen LogP contribution is -2.26. The lowest BCUT2D eigenvalue weighted by molar-refractivity contribution is -0.114. The zero-order valence-corrected chi connectivity index (χ0v) is 13.2. The minimum Gasteiger partial charge on any atom is -0.326 e. The maximum atomic E-state index is 12.4. The van der Waals surface area contributed by atoms with Crippen molar-refractivity contribution in [1.29, 1.82) is 0 Å². The lowest BCUT2D eigenvalue weighted by atomic mass is 10.2. The van der Waals surface area contributed by atoms with Gasteiger partial charge in [-0.25, -0.2) is 4.98 Å². The Balaban J connectivity index is 2.17. The molecule has 0 aliphatic heterocycles. The average molecular weight is 303 g/mol. The van der Waals surface area contributed by atoms with Gasteiger partial charge in [0.15, 0.2) is 5.13 Å². The fraction of sp³-hybridized carbons (Fsp3) is 0.267. The summed E-state index contributed by atoms with van der Waals surface area (Å²) in [5.74, 6) is -0.266. The van der Waals surface area contributed by atoms with Crippen molar-refractivity contribution in [3.63, 3.8) is 0 Å². The van der Waals surface area contributed by atoms with Crippen LogP contribution >= 0.6 is 11.3 Å². The van der Waals surface area contributed by atoms with E-state index < -0.39 is 0 Å². The predicted molar refractivity (Wildman–Crippen MR) is 85.1 cm³/mol. The minimum absolute atomic E-state index is 0.127. The molecule has 6 heteroatoms. The maximum absolute atomic E-state index is 12.4. The molecule has 1 heterocycles. The fourth-order valence-corrected chi connectivity index (χ4v) is 2.65. The van der Waals surface area contributed by atoms with E-state index in [9.17, 15) is 9.59 Å². The number of thiazole rings is 1. The number of amides is 2. The van der Waals surface area contributed by atoms with Crippen molar-refractivity contribution in [2.45, 2.75) is 20.8 Å². The smallest absolute Gasteiger partial charge is 0.259 e. The van der Waals surface area contributed by atoms with Gasteiger partial charge in [-0.05, 0) is 38.1 Å². The number of benzene rings is 1. The number of carbonyl (C=O) groups is 2. The van der Waals surface area contributed by atoms with Gasteiger partial charge >= 0.3 is 0 Å². The molecule has 1 aromatic carbocycles. The second-order valence-corrected chi connectivity index (χ2v) is 5.94. The normalized spacial score (nSPS) is 10.3. The van der Waals surface area contributed by atoms with Gasteiger partial charge in [-0.15, -0.1) is 11.3 Å². The Morgan fingerprint density at radius 1 is 1.19 bits per heavy atom. The van der Waals surface area contributed by atoms with Crippen molar-refractivity contribution in [1.82, 2.24) is 4.98 Å². The van der Waals surface area contributed by atoms with Crippen LogP contribution in [0.25, 0.3) is 0 Å². The molecular formula is C15H17N3O2S. The number of carbonyl (C=O) groups excluding carboxylic acids is 2. The molecule has 2 aromatic rings. The third-order valence-electron chi connectivity index (χ3n) is 3.06. The molecule has 2 rings (SSSR count). The van der Waals surface area contributed by atoms with E-state index in [0.717, 1.165) is 10.6 Å². The molecule has 1 N–H and O–H groups in total. The number of aryl methyl sites for hydroxylation is 2. The van der Waals surface area contributed by atoms with E-state index >= 15 is 0 Å². The van der Waals surface area contributed by atoms with E-state index in [2.05, 4.69) is 10.3 Å². The fourth-order valence-electron chi connectivity index (χ4n) is 1.78. The van der Waals surface area contributed by atoms with E-state index in [4.69, 9.17) is 0 Å². The summed E-state index contributed by atoms with van der Waals surface area (Å²) >= 11 is 1.49. The molecule has 0 aliphatic carbocycles. The first-order valence-electron chi connectivity index (χ1n) is 6.48. The van der Waals surface area contributed by atoms with Gasteiger partial charge in [0, 0.05) is 30.1 Å². The summed E-state index contributed by atoms with van der Waals surface area (Å²) in [5, 5.41) is 3.35. The molecule has 21 heavy (non-hydrogen) atoms. The first-order chi connectivity index (χ1) is 9.88. The van der Waals surface area contributed by atoms with Crippen LogP contribution in [0.5, 0.6) is 0 Å². The molecule has 1 aromatic heterocycles. The molecule has 0 aliphatic rings. The van der Waals surface area contributed by atoms with Gasteiger partial charge in [-0.1, -0.05) is 0 Å². The van der Waals surface area contributed by atoms with E-state index in [1.54, 1.807) is 31.3 Å². The van der Waals surface area contributed by atoms with Crippen LogP contribution in [0.4, 0.5) is 10.8 Å². The summed E-state index contributed by atoms with van der Waals surface area (Å²) in [7, 11) is 1.71. The molecule has 0 unspecified atom stereocenters. The maximum Gasteiger partial charge on any atom is 0.259 e. The summed E-state index contributed by atoms with van der Waals surface area (Å²) in [5.41, 5.74) is 2.16. The Morgan fingerprint density at radius 3 is 2.29 bits per heavy atom. The van der Waals surface area contributed by atoms with Crippen molar-refractivity contribution in [2.75, 3.05) is 17.3 Å². The molecule has 0 saturated heterocycles. The third-order valence-corrected chi connectivity index (χ3v) is 4.21.